The summed E-state index contributed by atoms with van der Waals surface area (Å²) in [6, 6.07) is 8.41. The molecule has 2 aromatic rings. The van der Waals surface area contributed by atoms with Gasteiger partial charge in [-0.05, 0) is 42.5 Å². The van der Waals surface area contributed by atoms with Crippen LogP contribution in [0.15, 0.2) is 47.4 Å². The summed E-state index contributed by atoms with van der Waals surface area (Å²) in [6.45, 7) is 1.14. The number of nitrogen functional groups attached to an aromatic ring is 1. The van der Waals surface area contributed by atoms with Crippen LogP contribution in [-0.2, 0) is 20.9 Å². The zero-order valence-corrected chi connectivity index (χ0v) is 14.9. The Kier molecular flexibility index (Phi) is 5.31. The minimum atomic E-state index is -4.63. The molecule has 0 unspecified atom stereocenters. The van der Waals surface area contributed by atoms with Gasteiger partial charge in [0, 0.05) is 18.8 Å². The molecule has 27 heavy (non-hydrogen) atoms. The molecule has 0 amide bonds. The first-order valence-electron chi connectivity index (χ1n) is 8.00. The molecule has 2 N–H and O–H groups in total. The van der Waals surface area contributed by atoms with E-state index in [2.05, 4.69) is 0 Å². The molecule has 0 aromatic heterocycles. The number of nitrogens with two attached hydrogens (primary N) is 1. The van der Waals surface area contributed by atoms with Crippen LogP contribution in [-0.4, -0.2) is 39.0 Å². The summed E-state index contributed by atoms with van der Waals surface area (Å²) < 4.78 is 76.2. The van der Waals surface area contributed by atoms with Crippen LogP contribution in [0.2, 0.25) is 0 Å². The Morgan fingerprint density at radius 3 is 2.26 bits per heavy atom. The lowest BCUT2D eigenvalue weighted by molar-refractivity contribution is -0.138. The van der Waals surface area contributed by atoms with Crippen molar-refractivity contribution < 1.29 is 31.1 Å². The maximum atomic E-state index is 13.1. The molecule has 1 heterocycles. The number of hydrogen-bond acceptors (Lipinski definition) is 5. The lowest BCUT2D eigenvalue weighted by atomic mass is 10.1. The van der Waals surface area contributed by atoms with Crippen molar-refractivity contribution in [3.05, 3.63) is 48.0 Å². The van der Waals surface area contributed by atoms with Gasteiger partial charge < -0.3 is 15.2 Å². The van der Waals surface area contributed by atoms with Gasteiger partial charge in [-0.2, -0.15) is 17.5 Å². The van der Waals surface area contributed by atoms with Gasteiger partial charge in [0.2, 0.25) is 10.0 Å². The monoisotopic (exact) mass is 402 g/mol. The van der Waals surface area contributed by atoms with Crippen LogP contribution in [0.4, 0.5) is 18.9 Å². The van der Waals surface area contributed by atoms with Crippen molar-refractivity contribution in [1.29, 1.82) is 0 Å². The number of benzene rings is 2. The minimum absolute atomic E-state index is 0.0325. The van der Waals surface area contributed by atoms with E-state index in [1.54, 1.807) is 0 Å². The molecule has 1 saturated heterocycles. The standard InChI is InChI=1S/C17H17F3N2O4S/c18-17(19,20)15-11-12(21)1-6-16(15)26-13-2-4-14(5-3-13)27(23,24)22-7-9-25-10-8-22/h1-6,11H,7-10,21H2. The Hall–Kier alpha value is -2.30. The quantitative estimate of drug-likeness (QED) is 0.795. The first-order chi connectivity index (χ1) is 12.7. The Morgan fingerprint density at radius 2 is 1.67 bits per heavy atom. The Bertz CT molecular complexity index is 909. The number of halogens is 3. The molecule has 1 aliphatic heterocycles. The van der Waals surface area contributed by atoms with Gasteiger partial charge in [-0.1, -0.05) is 0 Å². The van der Waals surface area contributed by atoms with Crippen molar-refractivity contribution >= 4 is 15.7 Å². The zero-order valence-electron chi connectivity index (χ0n) is 14.1. The Balaban J connectivity index is 1.83. The first kappa shape index (κ1) is 19.5. The Labute approximate surface area is 154 Å². The number of sulfonamides is 1. The Morgan fingerprint density at radius 1 is 1.04 bits per heavy atom. The highest BCUT2D eigenvalue weighted by Gasteiger charge is 2.35. The molecule has 1 fully saturated rings. The fraction of sp³-hybridized carbons (Fsp3) is 0.294. The summed E-state index contributed by atoms with van der Waals surface area (Å²) in [5.41, 5.74) is 4.37. The zero-order chi connectivity index (χ0) is 19.7. The summed E-state index contributed by atoms with van der Waals surface area (Å²) in [7, 11) is -3.69. The minimum Gasteiger partial charge on any atom is -0.457 e. The summed E-state index contributed by atoms with van der Waals surface area (Å²) >= 11 is 0. The highest BCUT2D eigenvalue weighted by molar-refractivity contribution is 7.89. The second kappa shape index (κ2) is 7.37. The fourth-order valence-electron chi connectivity index (χ4n) is 2.60. The maximum Gasteiger partial charge on any atom is 0.420 e. The summed E-state index contributed by atoms with van der Waals surface area (Å²) in [5, 5.41) is 0. The number of rotatable bonds is 4. The van der Waals surface area contributed by atoms with Crippen LogP contribution in [0.25, 0.3) is 0 Å². The van der Waals surface area contributed by atoms with Crippen molar-refractivity contribution in [1.82, 2.24) is 4.31 Å². The van der Waals surface area contributed by atoms with Crippen LogP contribution < -0.4 is 10.5 Å². The number of ether oxygens (including phenoxy) is 2. The second-order valence-corrected chi connectivity index (χ2v) is 7.78. The third kappa shape index (κ3) is 4.34. The number of alkyl halides is 3. The van der Waals surface area contributed by atoms with E-state index in [9.17, 15) is 21.6 Å². The number of morpholine rings is 1. The predicted molar refractivity (Wildman–Crippen MR) is 92.0 cm³/mol. The number of nitrogens with zero attached hydrogens (tertiary/aromatic N) is 1. The summed E-state index contributed by atoms with van der Waals surface area (Å²) in [4.78, 5) is 0.0325. The fourth-order valence-corrected chi connectivity index (χ4v) is 4.01. The van der Waals surface area contributed by atoms with E-state index in [1.807, 2.05) is 0 Å². The molecule has 1 aliphatic rings. The van der Waals surface area contributed by atoms with E-state index < -0.39 is 27.5 Å². The molecule has 0 radical (unpaired) electrons. The SMILES string of the molecule is Nc1ccc(Oc2ccc(S(=O)(=O)N3CCOCC3)cc2)c(C(F)(F)F)c1. The molecule has 6 nitrogen and oxygen atoms in total. The smallest absolute Gasteiger partial charge is 0.420 e. The lowest BCUT2D eigenvalue weighted by Crippen LogP contribution is -2.40. The van der Waals surface area contributed by atoms with Crippen molar-refractivity contribution in [3.63, 3.8) is 0 Å². The third-order valence-corrected chi connectivity index (χ3v) is 5.88. The van der Waals surface area contributed by atoms with Crippen molar-refractivity contribution in [2.75, 3.05) is 32.0 Å². The van der Waals surface area contributed by atoms with E-state index in [0.29, 0.717) is 13.2 Å². The number of anilines is 1. The first-order valence-corrected chi connectivity index (χ1v) is 9.44. The largest absolute Gasteiger partial charge is 0.457 e. The molecule has 0 atom stereocenters. The highest BCUT2D eigenvalue weighted by Crippen LogP contribution is 2.39. The molecule has 0 spiro atoms. The summed E-state index contributed by atoms with van der Waals surface area (Å²) in [5.74, 6) is -0.341. The van der Waals surface area contributed by atoms with Gasteiger partial charge in [-0.15, -0.1) is 0 Å². The lowest BCUT2D eigenvalue weighted by Gasteiger charge is -2.26. The van der Waals surface area contributed by atoms with Gasteiger partial charge in [-0.3, -0.25) is 0 Å². The summed E-state index contributed by atoms with van der Waals surface area (Å²) in [6.07, 6.45) is -4.63. The van der Waals surface area contributed by atoms with Gasteiger partial charge in [-0.25, -0.2) is 8.42 Å². The highest BCUT2D eigenvalue weighted by atomic mass is 32.2. The maximum absolute atomic E-state index is 13.1. The normalized spacial score (nSPS) is 16.3. The van der Waals surface area contributed by atoms with Gasteiger partial charge in [0.1, 0.15) is 17.1 Å². The van der Waals surface area contributed by atoms with E-state index in [1.165, 1.54) is 34.6 Å². The molecule has 3 rings (SSSR count). The molecule has 10 heteroatoms. The van der Waals surface area contributed by atoms with Crippen LogP contribution in [0.5, 0.6) is 11.5 Å². The van der Waals surface area contributed by atoms with Crippen molar-refractivity contribution in [2.24, 2.45) is 0 Å². The van der Waals surface area contributed by atoms with Gasteiger partial charge in [0.15, 0.2) is 0 Å². The molecular formula is C17H17F3N2O4S. The van der Waals surface area contributed by atoms with E-state index >= 15 is 0 Å². The van der Waals surface area contributed by atoms with Gasteiger partial charge in [0.25, 0.3) is 0 Å². The average Bonchev–Trinajstić information content (AvgIpc) is 2.63. The van der Waals surface area contributed by atoms with Gasteiger partial charge in [0.05, 0.1) is 18.1 Å². The van der Waals surface area contributed by atoms with Crippen molar-refractivity contribution in [3.8, 4) is 11.5 Å². The molecule has 146 valence electrons. The van der Waals surface area contributed by atoms with Crippen LogP contribution in [0.1, 0.15) is 5.56 Å². The van der Waals surface area contributed by atoms with Crippen molar-refractivity contribution in [2.45, 2.75) is 11.1 Å². The molecule has 0 aliphatic carbocycles. The predicted octanol–water partition coefficient (Wildman–Crippen LogP) is 3.10. The number of hydrogen-bond donors (Lipinski definition) is 1. The van der Waals surface area contributed by atoms with E-state index in [4.69, 9.17) is 15.2 Å². The van der Waals surface area contributed by atoms with E-state index in [-0.39, 0.29) is 29.4 Å². The molecule has 0 bridgehead atoms. The van der Waals surface area contributed by atoms with Crippen LogP contribution in [0, 0.1) is 0 Å². The molecule has 2 aromatic carbocycles. The van der Waals surface area contributed by atoms with Gasteiger partial charge >= 0.3 is 6.18 Å². The topological polar surface area (TPSA) is 81.9 Å². The molecular weight excluding hydrogens is 385 g/mol. The second-order valence-electron chi connectivity index (χ2n) is 5.84. The third-order valence-electron chi connectivity index (χ3n) is 3.97. The van der Waals surface area contributed by atoms with E-state index in [0.717, 1.165) is 12.1 Å². The van der Waals surface area contributed by atoms with Crippen LogP contribution in [0.3, 0.4) is 0 Å². The van der Waals surface area contributed by atoms with Crippen LogP contribution >= 0.6 is 0 Å². The molecule has 0 saturated carbocycles. The average molecular weight is 402 g/mol.